The van der Waals surface area contributed by atoms with Crippen LogP contribution < -0.4 is 0 Å². The molecule has 0 atom stereocenters. The van der Waals surface area contributed by atoms with Gasteiger partial charge in [-0.15, -0.1) is 0 Å². The highest BCUT2D eigenvalue weighted by molar-refractivity contribution is 5.45. The first kappa shape index (κ1) is 11.7. The molecule has 0 aromatic heterocycles. The van der Waals surface area contributed by atoms with Crippen molar-refractivity contribution in [2.45, 2.75) is 24.9 Å². The number of piperidine rings is 1. The van der Waals surface area contributed by atoms with Gasteiger partial charge in [-0.2, -0.15) is 0 Å². The van der Waals surface area contributed by atoms with E-state index >= 15 is 0 Å². The van der Waals surface area contributed by atoms with Gasteiger partial charge in [0.2, 0.25) is 0 Å². The molecule has 2 fully saturated rings. The maximum atomic E-state index is 6.92. The fourth-order valence-electron chi connectivity index (χ4n) is 2.60. The normalized spacial score (nSPS) is 21.7. The van der Waals surface area contributed by atoms with E-state index in [4.69, 9.17) is 11.3 Å². The number of hydrogen-bond donors (Lipinski definition) is 0. The quantitative estimate of drug-likeness (QED) is 0.600. The van der Waals surface area contributed by atoms with Crippen LogP contribution in [0.3, 0.4) is 0 Å². The summed E-state index contributed by atoms with van der Waals surface area (Å²) in [6.45, 7) is 11.4. The average molecular weight is 242 g/mol. The van der Waals surface area contributed by atoms with Crippen LogP contribution >= 0.6 is 0 Å². The van der Waals surface area contributed by atoms with Gasteiger partial charge in [0.15, 0.2) is 5.69 Å². The predicted octanol–water partition coefficient (Wildman–Crippen LogP) is 2.64. The Morgan fingerprint density at radius 3 is 2.44 bits per heavy atom. The van der Waals surface area contributed by atoms with Gasteiger partial charge >= 0.3 is 0 Å². The van der Waals surface area contributed by atoms with Crippen molar-refractivity contribution < 1.29 is 4.74 Å². The van der Waals surface area contributed by atoms with Crippen molar-refractivity contribution in [3.05, 3.63) is 41.2 Å². The fourth-order valence-corrected chi connectivity index (χ4v) is 2.60. The van der Waals surface area contributed by atoms with E-state index in [1.807, 2.05) is 12.1 Å². The molecular weight excluding hydrogens is 224 g/mol. The van der Waals surface area contributed by atoms with E-state index in [9.17, 15) is 0 Å². The standard InChI is InChI=1S/C15H18N2O/c1-16-14-4-2-13(3-5-14)6-9-17-10-7-15(8-11-17)12-18-15/h2-5H,6-12H2. The Kier molecular flexibility index (Phi) is 3.07. The van der Waals surface area contributed by atoms with Crippen molar-refractivity contribution in [3.63, 3.8) is 0 Å². The first-order valence-electron chi connectivity index (χ1n) is 6.62. The Labute approximate surface area is 108 Å². The van der Waals surface area contributed by atoms with Gasteiger partial charge in [0.25, 0.3) is 0 Å². The monoisotopic (exact) mass is 242 g/mol. The van der Waals surface area contributed by atoms with Gasteiger partial charge in [-0.3, -0.25) is 0 Å². The molecule has 1 aromatic rings. The van der Waals surface area contributed by atoms with Crippen LogP contribution in [0.1, 0.15) is 18.4 Å². The van der Waals surface area contributed by atoms with Gasteiger partial charge in [-0.25, -0.2) is 4.85 Å². The molecule has 0 saturated carbocycles. The van der Waals surface area contributed by atoms with Crippen molar-refractivity contribution >= 4 is 5.69 Å². The number of epoxide rings is 1. The molecule has 1 spiro atoms. The Morgan fingerprint density at radius 1 is 1.22 bits per heavy atom. The van der Waals surface area contributed by atoms with E-state index in [-0.39, 0.29) is 5.60 Å². The number of nitrogens with zero attached hydrogens (tertiary/aromatic N) is 2. The van der Waals surface area contributed by atoms with Gasteiger partial charge in [0.05, 0.1) is 18.8 Å². The van der Waals surface area contributed by atoms with Gasteiger partial charge in [0.1, 0.15) is 0 Å². The molecule has 2 aliphatic heterocycles. The molecule has 2 aliphatic rings. The summed E-state index contributed by atoms with van der Waals surface area (Å²) in [6.07, 6.45) is 3.47. The second-order valence-electron chi connectivity index (χ2n) is 5.34. The molecular formula is C15H18N2O. The number of ether oxygens (including phenoxy) is 1. The van der Waals surface area contributed by atoms with E-state index in [0.29, 0.717) is 0 Å². The van der Waals surface area contributed by atoms with Crippen molar-refractivity contribution in [3.8, 4) is 0 Å². The zero-order valence-electron chi connectivity index (χ0n) is 10.6. The summed E-state index contributed by atoms with van der Waals surface area (Å²) in [5, 5.41) is 0. The molecule has 1 aromatic carbocycles. The molecule has 3 heteroatoms. The third-order valence-electron chi connectivity index (χ3n) is 4.10. The maximum absolute atomic E-state index is 6.92. The molecule has 0 radical (unpaired) electrons. The van der Waals surface area contributed by atoms with Crippen molar-refractivity contribution in [1.29, 1.82) is 0 Å². The molecule has 94 valence electrons. The van der Waals surface area contributed by atoms with Crippen LogP contribution in [0, 0.1) is 6.57 Å². The zero-order chi connectivity index (χ0) is 12.4. The summed E-state index contributed by atoms with van der Waals surface area (Å²) < 4.78 is 5.52. The van der Waals surface area contributed by atoms with Crippen molar-refractivity contribution in [1.82, 2.24) is 4.90 Å². The number of likely N-dealkylation sites (tertiary alicyclic amines) is 1. The Morgan fingerprint density at radius 2 is 1.89 bits per heavy atom. The van der Waals surface area contributed by atoms with Gasteiger partial charge in [0, 0.05) is 19.6 Å². The third-order valence-corrected chi connectivity index (χ3v) is 4.10. The van der Waals surface area contributed by atoms with Crippen LogP contribution in [0.25, 0.3) is 4.85 Å². The molecule has 3 rings (SSSR count). The number of benzene rings is 1. The largest absolute Gasteiger partial charge is 0.369 e. The maximum Gasteiger partial charge on any atom is 0.187 e. The summed E-state index contributed by atoms with van der Waals surface area (Å²) >= 11 is 0. The lowest BCUT2D eigenvalue weighted by molar-refractivity contribution is 0.148. The molecule has 2 saturated heterocycles. The van der Waals surface area contributed by atoms with Crippen LogP contribution in [0.5, 0.6) is 0 Å². The second-order valence-corrected chi connectivity index (χ2v) is 5.34. The summed E-state index contributed by atoms with van der Waals surface area (Å²) in [5.74, 6) is 0. The molecule has 0 N–H and O–H groups in total. The molecule has 0 amide bonds. The highest BCUT2D eigenvalue weighted by atomic mass is 16.6. The predicted molar refractivity (Wildman–Crippen MR) is 70.8 cm³/mol. The zero-order valence-corrected chi connectivity index (χ0v) is 10.6. The summed E-state index contributed by atoms with van der Waals surface area (Å²) in [5.41, 5.74) is 2.34. The van der Waals surface area contributed by atoms with E-state index in [1.54, 1.807) is 0 Å². The van der Waals surface area contributed by atoms with Crippen LogP contribution in [0.4, 0.5) is 5.69 Å². The average Bonchev–Trinajstić information content (AvgIpc) is 3.18. The van der Waals surface area contributed by atoms with Crippen LogP contribution in [0.15, 0.2) is 24.3 Å². The van der Waals surface area contributed by atoms with Crippen LogP contribution in [0.2, 0.25) is 0 Å². The molecule has 0 aliphatic carbocycles. The molecule has 2 heterocycles. The van der Waals surface area contributed by atoms with E-state index in [2.05, 4.69) is 21.9 Å². The number of rotatable bonds is 3. The third kappa shape index (κ3) is 2.55. The summed E-state index contributed by atoms with van der Waals surface area (Å²) in [4.78, 5) is 5.93. The summed E-state index contributed by atoms with van der Waals surface area (Å²) in [7, 11) is 0. The van der Waals surface area contributed by atoms with Gasteiger partial charge in [-0.05, 0) is 24.8 Å². The van der Waals surface area contributed by atoms with Gasteiger partial charge < -0.3 is 9.64 Å². The minimum atomic E-state index is 0.285. The second kappa shape index (κ2) is 4.72. The Bertz CT molecular complexity index is 446. The summed E-state index contributed by atoms with van der Waals surface area (Å²) in [6, 6.07) is 7.96. The van der Waals surface area contributed by atoms with Crippen LogP contribution in [-0.2, 0) is 11.2 Å². The smallest absolute Gasteiger partial charge is 0.187 e. The molecule has 0 unspecified atom stereocenters. The van der Waals surface area contributed by atoms with Gasteiger partial charge in [-0.1, -0.05) is 24.3 Å². The van der Waals surface area contributed by atoms with E-state index < -0.39 is 0 Å². The minimum Gasteiger partial charge on any atom is -0.369 e. The first-order chi connectivity index (χ1) is 8.80. The highest BCUT2D eigenvalue weighted by Gasteiger charge is 2.46. The van der Waals surface area contributed by atoms with E-state index in [1.165, 1.54) is 31.5 Å². The minimum absolute atomic E-state index is 0.285. The lowest BCUT2D eigenvalue weighted by atomic mass is 9.97. The number of hydrogen-bond acceptors (Lipinski definition) is 2. The van der Waals surface area contributed by atoms with Crippen molar-refractivity contribution in [2.24, 2.45) is 0 Å². The topological polar surface area (TPSA) is 20.1 Å². The molecule has 0 bridgehead atoms. The highest BCUT2D eigenvalue weighted by Crippen LogP contribution is 2.37. The fraction of sp³-hybridized carbons (Fsp3) is 0.533. The van der Waals surface area contributed by atoms with Crippen molar-refractivity contribution in [2.75, 3.05) is 26.2 Å². The Balaban J connectivity index is 1.47. The SMILES string of the molecule is [C-]#[N+]c1ccc(CCN2CCC3(CC2)CO3)cc1. The van der Waals surface area contributed by atoms with E-state index in [0.717, 1.165) is 25.3 Å². The lowest BCUT2D eigenvalue weighted by Crippen LogP contribution is -2.38. The van der Waals surface area contributed by atoms with Crippen LogP contribution in [-0.4, -0.2) is 36.7 Å². The lowest BCUT2D eigenvalue weighted by Gasteiger charge is -2.30. The molecule has 3 nitrogen and oxygen atoms in total. The Hall–Kier alpha value is -1.37. The first-order valence-corrected chi connectivity index (χ1v) is 6.62. The molecule has 18 heavy (non-hydrogen) atoms.